The molecule has 0 amide bonds. The van der Waals surface area contributed by atoms with Gasteiger partial charge in [-0.1, -0.05) is 0 Å². The van der Waals surface area contributed by atoms with Crippen LogP contribution in [0.15, 0.2) is 35.5 Å². The molecule has 0 unspecified atom stereocenters. The Labute approximate surface area is 117 Å². The Balaban J connectivity index is 2.39. The lowest BCUT2D eigenvalue weighted by atomic mass is 10.3. The molecule has 1 aromatic carbocycles. The highest BCUT2D eigenvalue weighted by atomic mass is 32.2. The van der Waals surface area contributed by atoms with E-state index < -0.39 is 10.0 Å². The second-order valence-corrected chi connectivity index (χ2v) is 6.59. The molecule has 0 fully saturated rings. The van der Waals surface area contributed by atoms with Gasteiger partial charge in [0.2, 0.25) is 10.0 Å². The molecule has 0 bridgehead atoms. The van der Waals surface area contributed by atoms with Gasteiger partial charge in [-0.05, 0) is 12.1 Å². The first kappa shape index (κ1) is 14.4. The maximum absolute atomic E-state index is 12.1. The summed E-state index contributed by atoms with van der Waals surface area (Å²) in [5, 5.41) is 3.97. The van der Waals surface area contributed by atoms with E-state index in [0.717, 1.165) is 4.31 Å². The number of nitrogen functional groups attached to an aromatic ring is 1. The molecule has 20 heavy (non-hydrogen) atoms. The second kappa shape index (κ2) is 5.14. The van der Waals surface area contributed by atoms with E-state index in [1.165, 1.54) is 38.5 Å². The molecule has 2 N–H and O–H groups in total. The van der Waals surface area contributed by atoms with Gasteiger partial charge in [0.15, 0.2) is 11.5 Å². The molecule has 0 aliphatic carbocycles. The average molecular weight is 296 g/mol. The van der Waals surface area contributed by atoms with Crippen molar-refractivity contribution in [3.63, 3.8) is 0 Å². The molecule has 8 heteroatoms. The largest absolute Gasteiger partial charge is 0.452 e. The van der Waals surface area contributed by atoms with Crippen molar-refractivity contribution in [1.82, 2.24) is 14.1 Å². The molecule has 0 aliphatic heterocycles. The molecule has 2 rings (SSSR count). The molecule has 108 valence electrons. The third kappa shape index (κ3) is 2.75. The molecule has 0 radical (unpaired) electrons. The molecule has 0 aliphatic rings. The van der Waals surface area contributed by atoms with Crippen LogP contribution in [0.1, 0.15) is 0 Å². The van der Waals surface area contributed by atoms with E-state index in [9.17, 15) is 8.42 Å². The van der Waals surface area contributed by atoms with Crippen molar-refractivity contribution < 1.29 is 13.2 Å². The fourth-order valence-electron chi connectivity index (χ4n) is 1.55. The van der Waals surface area contributed by atoms with Gasteiger partial charge in [0, 0.05) is 27.2 Å². The van der Waals surface area contributed by atoms with Crippen LogP contribution in [0.25, 0.3) is 0 Å². The minimum Gasteiger partial charge on any atom is -0.452 e. The van der Waals surface area contributed by atoms with Crippen LogP contribution in [-0.4, -0.2) is 36.6 Å². The molecule has 0 atom stereocenters. The van der Waals surface area contributed by atoms with E-state index >= 15 is 0 Å². The van der Waals surface area contributed by atoms with E-state index in [2.05, 4.69) is 5.10 Å². The first-order valence-electron chi connectivity index (χ1n) is 5.79. The van der Waals surface area contributed by atoms with Crippen LogP contribution in [0.4, 0.5) is 5.69 Å². The second-order valence-electron chi connectivity index (χ2n) is 4.44. The lowest BCUT2D eigenvalue weighted by molar-refractivity contribution is 0.481. The predicted octanol–water partition coefficient (Wildman–Crippen LogP) is 1.04. The number of ether oxygens (including phenoxy) is 1. The summed E-state index contributed by atoms with van der Waals surface area (Å²) in [6.45, 7) is 0. The van der Waals surface area contributed by atoms with E-state index in [0.29, 0.717) is 11.4 Å². The number of sulfonamides is 1. The summed E-state index contributed by atoms with van der Waals surface area (Å²) in [7, 11) is 1.16. The summed E-state index contributed by atoms with van der Waals surface area (Å²) in [5.74, 6) is 0.763. The predicted molar refractivity (Wildman–Crippen MR) is 75.0 cm³/mol. The maximum atomic E-state index is 12.1. The number of nitrogens with two attached hydrogens (primary N) is 1. The molecule has 0 saturated heterocycles. The Kier molecular flexibility index (Phi) is 3.69. The number of anilines is 1. The summed E-state index contributed by atoms with van der Waals surface area (Å²) in [5.41, 5.74) is 6.16. The van der Waals surface area contributed by atoms with Gasteiger partial charge in [-0.15, -0.1) is 0 Å². The fraction of sp³-hybridized carbons (Fsp3) is 0.250. The van der Waals surface area contributed by atoms with Crippen molar-refractivity contribution in [3.05, 3.63) is 30.6 Å². The van der Waals surface area contributed by atoms with E-state index in [1.54, 1.807) is 17.9 Å². The van der Waals surface area contributed by atoms with E-state index in [-0.39, 0.29) is 10.6 Å². The van der Waals surface area contributed by atoms with Gasteiger partial charge < -0.3 is 10.5 Å². The zero-order valence-electron chi connectivity index (χ0n) is 11.4. The zero-order chi connectivity index (χ0) is 14.9. The van der Waals surface area contributed by atoms with Crippen molar-refractivity contribution in [3.8, 4) is 11.5 Å². The van der Waals surface area contributed by atoms with Gasteiger partial charge in [0.05, 0.1) is 23.0 Å². The summed E-state index contributed by atoms with van der Waals surface area (Å²) < 4.78 is 32.4. The Bertz CT molecular complexity index is 722. The lowest BCUT2D eigenvalue weighted by Gasteiger charge is -2.13. The quantitative estimate of drug-likeness (QED) is 0.851. The van der Waals surface area contributed by atoms with Crippen molar-refractivity contribution >= 4 is 15.7 Å². The minimum absolute atomic E-state index is 0.121. The van der Waals surface area contributed by atoms with Crippen LogP contribution < -0.4 is 10.5 Å². The normalized spacial score (nSPS) is 11.8. The molecule has 1 heterocycles. The Morgan fingerprint density at radius 3 is 2.60 bits per heavy atom. The first-order valence-corrected chi connectivity index (χ1v) is 7.23. The first-order chi connectivity index (χ1) is 9.30. The van der Waals surface area contributed by atoms with Crippen molar-refractivity contribution in [2.75, 3.05) is 19.8 Å². The monoisotopic (exact) mass is 296 g/mol. The molecular formula is C12H16N4O3S. The fourth-order valence-corrected chi connectivity index (χ4v) is 2.47. The SMILES string of the molecule is CN(C)S(=O)(=O)c1ccc(N)c(Oc2cnn(C)c2)c1. The van der Waals surface area contributed by atoms with Crippen LogP contribution in [-0.2, 0) is 17.1 Å². The summed E-state index contributed by atoms with van der Waals surface area (Å²) in [6.07, 6.45) is 3.18. The molecule has 0 saturated carbocycles. The van der Waals surface area contributed by atoms with Gasteiger partial charge >= 0.3 is 0 Å². The highest BCUT2D eigenvalue weighted by molar-refractivity contribution is 7.89. The standard InChI is InChI=1S/C12H16N4O3S/c1-15(2)20(17,18)10-4-5-11(13)12(6-10)19-9-7-14-16(3)8-9/h4-8H,13H2,1-3H3. The molecule has 2 aromatic rings. The van der Waals surface area contributed by atoms with Gasteiger partial charge in [0.25, 0.3) is 0 Å². The number of hydrogen-bond donors (Lipinski definition) is 1. The third-order valence-corrected chi connectivity index (χ3v) is 4.48. The summed E-state index contributed by atoms with van der Waals surface area (Å²) in [4.78, 5) is 0.121. The smallest absolute Gasteiger partial charge is 0.242 e. The van der Waals surface area contributed by atoms with E-state index in [1.807, 2.05) is 0 Å². The van der Waals surface area contributed by atoms with Crippen molar-refractivity contribution in [2.24, 2.45) is 7.05 Å². The Morgan fingerprint density at radius 2 is 2.05 bits per heavy atom. The molecular weight excluding hydrogens is 280 g/mol. The van der Waals surface area contributed by atoms with Gasteiger partial charge in [-0.2, -0.15) is 5.10 Å². The van der Waals surface area contributed by atoms with Gasteiger partial charge in [-0.25, -0.2) is 12.7 Å². The van der Waals surface area contributed by atoms with Crippen LogP contribution in [0.3, 0.4) is 0 Å². The van der Waals surface area contributed by atoms with Crippen LogP contribution in [0.2, 0.25) is 0 Å². The van der Waals surface area contributed by atoms with Crippen molar-refractivity contribution in [1.29, 1.82) is 0 Å². The third-order valence-electron chi connectivity index (χ3n) is 2.67. The van der Waals surface area contributed by atoms with Crippen LogP contribution in [0, 0.1) is 0 Å². The number of benzene rings is 1. The van der Waals surface area contributed by atoms with Crippen LogP contribution in [0.5, 0.6) is 11.5 Å². The maximum Gasteiger partial charge on any atom is 0.242 e. The average Bonchev–Trinajstić information content (AvgIpc) is 2.77. The highest BCUT2D eigenvalue weighted by Crippen LogP contribution is 2.30. The van der Waals surface area contributed by atoms with Gasteiger partial charge in [-0.3, -0.25) is 4.68 Å². The topological polar surface area (TPSA) is 90.5 Å². The van der Waals surface area contributed by atoms with Crippen molar-refractivity contribution in [2.45, 2.75) is 4.90 Å². The molecule has 1 aromatic heterocycles. The highest BCUT2D eigenvalue weighted by Gasteiger charge is 2.19. The number of nitrogens with zero attached hydrogens (tertiary/aromatic N) is 3. The number of hydrogen-bond acceptors (Lipinski definition) is 5. The number of aryl methyl sites for hydroxylation is 1. The Morgan fingerprint density at radius 1 is 1.35 bits per heavy atom. The zero-order valence-corrected chi connectivity index (χ0v) is 12.3. The lowest BCUT2D eigenvalue weighted by Crippen LogP contribution is -2.22. The summed E-state index contributed by atoms with van der Waals surface area (Å²) in [6, 6.07) is 4.35. The minimum atomic E-state index is -3.53. The Hall–Kier alpha value is -2.06. The number of aromatic nitrogens is 2. The molecule has 7 nitrogen and oxygen atoms in total. The number of rotatable bonds is 4. The van der Waals surface area contributed by atoms with E-state index in [4.69, 9.17) is 10.5 Å². The van der Waals surface area contributed by atoms with Crippen LogP contribution >= 0.6 is 0 Å². The van der Waals surface area contributed by atoms with Gasteiger partial charge in [0.1, 0.15) is 0 Å². The molecule has 0 spiro atoms. The summed E-state index contributed by atoms with van der Waals surface area (Å²) >= 11 is 0.